The maximum atomic E-state index is 11.9. The fourth-order valence-corrected chi connectivity index (χ4v) is 1.80. The lowest BCUT2D eigenvalue weighted by Gasteiger charge is -2.13. The molecule has 0 aliphatic rings. The van der Waals surface area contributed by atoms with Crippen molar-refractivity contribution < 1.29 is 14.3 Å². The van der Waals surface area contributed by atoms with Gasteiger partial charge >= 0.3 is 5.97 Å². The summed E-state index contributed by atoms with van der Waals surface area (Å²) < 4.78 is 11.4. The summed E-state index contributed by atoms with van der Waals surface area (Å²) in [7, 11) is 0. The lowest BCUT2D eigenvalue weighted by atomic mass is 10.3. The van der Waals surface area contributed by atoms with Crippen LogP contribution < -0.4 is 16.2 Å². The molecule has 0 spiro atoms. The molecule has 1 atom stereocenters. The number of esters is 1. The van der Waals surface area contributed by atoms with Crippen LogP contribution in [0.3, 0.4) is 0 Å². The van der Waals surface area contributed by atoms with E-state index >= 15 is 0 Å². The van der Waals surface area contributed by atoms with Crippen molar-refractivity contribution in [2.45, 2.75) is 19.6 Å². The fraction of sp³-hybridized carbons (Fsp3) is 0.231. The van der Waals surface area contributed by atoms with Crippen molar-refractivity contribution in [2.75, 3.05) is 11.5 Å². The molecule has 116 valence electrons. The first-order valence-corrected chi connectivity index (χ1v) is 7.08. The van der Waals surface area contributed by atoms with Crippen LogP contribution in [0.5, 0.6) is 5.75 Å². The van der Waals surface area contributed by atoms with Crippen molar-refractivity contribution in [3.63, 3.8) is 0 Å². The van der Waals surface area contributed by atoms with Crippen LogP contribution in [-0.2, 0) is 16.1 Å². The second-order valence-corrected chi connectivity index (χ2v) is 5.21. The van der Waals surface area contributed by atoms with Crippen molar-refractivity contribution in [2.24, 2.45) is 0 Å². The number of hydrogen-bond acceptors (Lipinski definition) is 8. The van der Waals surface area contributed by atoms with Gasteiger partial charge < -0.3 is 20.9 Å². The number of nitrogens with two attached hydrogens (primary N) is 2. The van der Waals surface area contributed by atoms with E-state index in [0.717, 1.165) is 4.47 Å². The Balaban J connectivity index is 1.89. The van der Waals surface area contributed by atoms with Crippen molar-refractivity contribution in [3.05, 3.63) is 34.6 Å². The molecule has 0 aliphatic heterocycles. The molecule has 0 saturated heterocycles. The third kappa shape index (κ3) is 4.55. The van der Waals surface area contributed by atoms with Gasteiger partial charge in [0.25, 0.3) is 0 Å². The molecule has 0 unspecified atom stereocenters. The largest absolute Gasteiger partial charge is 0.479 e. The third-order valence-electron chi connectivity index (χ3n) is 2.52. The van der Waals surface area contributed by atoms with Crippen molar-refractivity contribution in [1.82, 2.24) is 15.0 Å². The molecule has 1 aromatic heterocycles. The maximum Gasteiger partial charge on any atom is 0.347 e. The van der Waals surface area contributed by atoms with Crippen LogP contribution >= 0.6 is 15.9 Å². The lowest BCUT2D eigenvalue weighted by Crippen LogP contribution is -2.26. The molecule has 0 radical (unpaired) electrons. The van der Waals surface area contributed by atoms with Gasteiger partial charge in [0.15, 0.2) is 18.5 Å². The van der Waals surface area contributed by atoms with E-state index in [-0.39, 0.29) is 24.3 Å². The molecule has 0 bridgehead atoms. The average molecular weight is 368 g/mol. The van der Waals surface area contributed by atoms with Gasteiger partial charge in [0.1, 0.15) is 5.75 Å². The first-order chi connectivity index (χ1) is 10.4. The number of rotatable bonds is 5. The van der Waals surface area contributed by atoms with Crippen LogP contribution in [0.4, 0.5) is 11.9 Å². The number of nitrogens with zero attached hydrogens (tertiary/aromatic N) is 3. The van der Waals surface area contributed by atoms with Gasteiger partial charge in [-0.25, -0.2) is 4.79 Å². The molecule has 4 N–H and O–H groups in total. The van der Waals surface area contributed by atoms with Gasteiger partial charge in [-0.2, -0.15) is 15.0 Å². The van der Waals surface area contributed by atoms with Crippen LogP contribution in [0, 0.1) is 0 Å². The van der Waals surface area contributed by atoms with E-state index < -0.39 is 12.1 Å². The molecule has 2 rings (SSSR count). The molecule has 9 heteroatoms. The van der Waals surface area contributed by atoms with Gasteiger partial charge in [0.2, 0.25) is 11.9 Å². The molecule has 1 aromatic carbocycles. The van der Waals surface area contributed by atoms with Gasteiger partial charge in [0, 0.05) is 4.47 Å². The molecular weight excluding hydrogens is 354 g/mol. The Morgan fingerprint density at radius 3 is 2.36 bits per heavy atom. The van der Waals surface area contributed by atoms with Gasteiger partial charge in [-0.15, -0.1) is 0 Å². The number of carbonyl (C=O) groups excluding carboxylic acids is 1. The quantitative estimate of drug-likeness (QED) is 0.757. The zero-order valence-electron chi connectivity index (χ0n) is 11.7. The number of ether oxygens (including phenoxy) is 2. The maximum absolute atomic E-state index is 11.9. The van der Waals surface area contributed by atoms with Gasteiger partial charge in [0.05, 0.1) is 0 Å². The highest BCUT2D eigenvalue weighted by Gasteiger charge is 2.17. The standard InChI is InChI=1S/C13H14BrN5O3/c1-7(22-9-4-2-8(14)3-5-9)11(20)21-6-10-17-12(15)19-13(16)18-10/h2-5,7H,6H2,1H3,(H4,15,16,17,18,19)/t7-/m0/s1. The van der Waals surface area contributed by atoms with E-state index in [0.29, 0.717) is 5.75 Å². The van der Waals surface area contributed by atoms with E-state index in [1.54, 1.807) is 19.1 Å². The van der Waals surface area contributed by atoms with Gasteiger partial charge in [-0.3, -0.25) is 0 Å². The zero-order valence-corrected chi connectivity index (χ0v) is 13.3. The van der Waals surface area contributed by atoms with Crippen LogP contribution in [0.15, 0.2) is 28.7 Å². The number of benzene rings is 1. The van der Waals surface area contributed by atoms with Gasteiger partial charge in [-0.1, -0.05) is 15.9 Å². The summed E-state index contributed by atoms with van der Waals surface area (Å²) in [5.74, 6) is 0.117. The summed E-state index contributed by atoms with van der Waals surface area (Å²) in [6, 6.07) is 7.09. The molecule has 22 heavy (non-hydrogen) atoms. The minimum atomic E-state index is -0.780. The SMILES string of the molecule is C[C@H](Oc1ccc(Br)cc1)C(=O)OCc1nc(N)nc(N)n1. The highest BCUT2D eigenvalue weighted by Crippen LogP contribution is 2.17. The predicted octanol–water partition coefficient (Wildman–Crippen LogP) is 1.31. The Labute approximate surface area is 135 Å². The Morgan fingerprint density at radius 1 is 1.18 bits per heavy atom. The summed E-state index contributed by atoms with van der Waals surface area (Å²) in [5.41, 5.74) is 10.9. The van der Waals surface area contributed by atoms with Crippen molar-refractivity contribution in [3.8, 4) is 5.75 Å². The fourth-order valence-electron chi connectivity index (χ4n) is 1.54. The predicted molar refractivity (Wildman–Crippen MR) is 82.7 cm³/mol. The highest BCUT2D eigenvalue weighted by atomic mass is 79.9. The Kier molecular flexibility index (Phi) is 5.10. The van der Waals surface area contributed by atoms with Crippen LogP contribution in [0.1, 0.15) is 12.7 Å². The molecule has 2 aromatic rings. The molecule has 0 saturated carbocycles. The van der Waals surface area contributed by atoms with E-state index in [9.17, 15) is 4.79 Å². The molecule has 8 nitrogen and oxygen atoms in total. The molecule has 0 aliphatic carbocycles. The number of carbonyl (C=O) groups is 1. The second kappa shape index (κ2) is 7.03. The van der Waals surface area contributed by atoms with E-state index in [2.05, 4.69) is 30.9 Å². The topological polar surface area (TPSA) is 126 Å². The molecular formula is C13H14BrN5O3. The summed E-state index contributed by atoms with van der Waals surface area (Å²) in [4.78, 5) is 23.1. The Morgan fingerprint density at radius 2 is 1.77 bits per heavy atom. The lowest BCUT2D eigenvalue weighted by molar-refractivity contribution is -0.152. The number of nitrogen functional groups attached to an aromatic ring is 2. The summed E-state index contributed by atoms with van der Waals surface area (Å²) in [6.45, 7) is 1.42. The van der Waals surface area contributed by atoms with Crippen LogP contribution in [-0.4, -0.2) is 27.0 Å². The first-order valence-electron chi connectivity index (χ1n) is 6.29. The first kappa shape index (κ1) is 16.0. The number of aromatic nitrogens is 3. The smallest absolute Gasteiger partial charge is 0.347 e. The third-order valence-corrected chi connectivity index (χ3v) is 3.05. The minimum Gasteiger partial charge on any atom is -0.479 e. The van der Waals surface area contributed by atoms with Crippen LogP contribution in [0.2, 0.25) is 0 Å². The summed E-state index contributed by atoms with van der Waals surface area (Å²) in [5, 5.41) is 0. The summed E-state index contributed by atoms with van der Waals surface area (Å²) in [6.07, 6.45) is -0.780. The van der Waals surface area contributed by atoms with E-state index in [1.807, 2.05) is 12.1 Å². The van der Waals surface area contributed by atoms with Crippen LogP contribution in [0.25, 0.3) is 0 Å². The Bertz CT molecular complexity index is 645. The number of hydrogen-bond donors (Lipinski definition) is 2. The monoisotopic (exact) mass is 367 g/mol. The van der Waals surface area contributed by atoms with Crippen molar-refractivity contribution in [1.29, 1.82) is 0 Å². The Hall–Kier alpha value is -2.42. The van der Waals surface area contributed by atoms with Gasteiger partial charge in [-0.05, 0) is 31.2 Å². The van der Waals surface area contributed by atoms with E-state index in [4.69, 9.17) is 20.9 Å². The van der Waals surface area contributed by atoms with Crippen molar-refractivity contribution >= 4 is 33.8 Å². The highest BCUT2D eigenvalue weighted by molar-refractivity contribution is 9.10. The zero-order chi connectivity index (χ0) is 16.1. The molecule has 1 heterocycles. The average Bonchev–Trinajstić information content (AvgIpc) is 2.46. The summed E-state index contributed by atoms with van der Waals surface area (Å²) >= 11 is 3.32. The normalized spacial score (nSPS) is 11.7. The minimum absolute atomic E-state index is 0.0299. The van der Waals surface area contributed by atoms with E-state index in [1.165, 1.54) is 0 Å². The second-order valence-electron chi connectivity index (χ2n) is 4.29. The molecule has 0 fully saturated rings. The number of anilines is 2. The number of halogens is 1. The molecule has 0 amide bonds.